The summed E-state index contributed by atoms with van der Waals surface area (Å²) in [7, 11) is 0. The van der Waals surface area contributed by atoms with E-state index in [4.69, 9.17) is 0 Å². The van der Waals surface area contributed by atoms with E-state index in [1.807, 2.05) is 0 Å². The van der Waals surface area contributed by atoms with E-state index in [1.54, 1.807) is 13.8 Å². The molecule has 0 heterocycles. The van der Waals surface area contributed by atoms with Crippen molar-refractivity contribution >= 4 is 11.8 Å². The summed E-state index contributed by atoms with van der Waals surface area (Å²) in [5.74, 6) is -1.40. The van der Waals surface area contributed by atoms with Crippen LogP contribution in [-0.4, -0.2) is 29.1 Å². The van der Waals surface area contributed by atoms with Crippen LogP contribution in [0.1, 0.15) is 27.2 Å². The van der Waals surface area contributed by atoms with Gasteiger partial charge >= 0.3 is 5.97 Å². The van der Waals surface area contributed by atoms with Crippen molar-refractivity contribution < 1.29 is 19.4 Å². The van der Waals surface area contributed by atoms with E-state index >= 15 is 0 Å². The number of aliphatic hydroxyl groups is 1. The topological polar surface area (TPSA) is 63.6 Å². The fourth-order valence-electron chi connectivity index (χ4n) is 0.730. The molecule has 0 rings (SSSR count). The summed E-state index contributed by atoms with van der Waals surface area (Å²) in [4.78, 5) is 22.0. The van der Waals surface area contributed by atoms with Gasteiger partial charge in [0.2, 0.25) is 5.60 Å². The number of ether oxygens (including phenoxy) is 1. The van der Waals surface area contributed by atoms with Crippen molar-refractivity contribution in [3.05, 3.63) is 0 Å². The van der Waals surface area contributed by atoms with Crippen LogP contribution in [0, 0.1) is 0 Å². The molecule has 1 atom stereocenters. The number of ketones is 1. The molecule has 0 aromatic carbocycles. The van der Waals surface area contributed by atoms with Crippen LogP contribution in [0.25, 0.3) is 0 Å². The van der Waals surface area contributed by atoms with Crippen LogP contribution in [0.4, 0.5) is 0 Å². The highest BCUT2D eigenvalue weighted by Gasteiger charge is 2.38. The average Bonchev–Trinajstić information content (AvgIpc) is 2.03. The molecule has 0 bridgehead atoms. The smallest absolute Gasteiger partial charge is 0.345 e. The maximum Gasteiger partial charge on any atom is 0.345 e. The highest BCUT2D eigenvalue weighted by atomic mass is 16.5. The molecule has 70 valence electrons. The number of esters is 1. The first kappa shape index (κ1) is 11.1. The van der Waals surface area contributed by atoms with Crippen LogP contribution in [0.2, 0.25) is 0 Å². The number of Topliss-reactive ketones (excluding diaryl/α,β-unsaturated/α-hetero) is 1. The number of carbonyl (C=O) groups excluding carboxylic acids is 2. The highest BCUT2D eigenvalue weighted by molar-refractivity contribution is 6.06. The van der Waals surface area contributed by atoms with Gasteiger partial charge in [0.1, 0.15) is 0 Å². The Labute approximate surface area is 71.5 Å². The molecule has 4 nitrogen and oxygen atoms in total. The van der Waals surface area contributed by atoms with Gasteiger partial charge in [0, 0.05) is 6.42 Å². The largest absolute Gasteiger partial charge is 0.464 e. The Kier molecular flexibility index (Phi) is 3.89. The summed E-state index contributed by atoms with van der Waals surface area (Å²) >= 11 is 0. The molecular weight excluding hydrogens is 160 g/mol. The van der Waals surface area contributed by atoms with Crippen molar-refractivity contribution in [1.29, 1.82) is 0 Å². The van der Waals surface area contributed by atoms with Crippen LogP contribution >= 0.6 is 0 Å². The second-order valence-corrected chi connectivity index (χ2v) is 2.57. The minimum Gasteiger partial charge on any atom is -0.464 e. The molecule has 0 spiro atoms. The predicted molar refractivity (Wildman–Crippen MR) is 42.6 cm³/mol. The third kappa shape index (κ3) is 2.30. The lowest BCUT2D eigenvalue weighted by Crippen LogP contribution is -2.44. The highest BCUT2D eigenvalue weighted by Crippen LogP contribution is 2.09. The molecule has 0 radical (unpaired) electrons. The number of hydrogen-bond acceptors (Lipinski definition) is 4. The standard InChI is InChI=1S/C8H14O4/c1-4-6(9)8(3,11)7(10)12-5-2/h11H,4-5H2,1-3H3. The minimum absolute atomic E-state index is 0.117. The Morgan fingerprint density at radius 3 is 2.25 bits per heavy atom. The normalized spacial score (nSPS) is 15.0. The molecule has 1 N–H and O–H groups in total. The maximum atomic E-state index is 11.0. The summed E-state index contributed by atoms with van der Waals surface area (Å²) in [5.41, 5.74) is -1.98. The molecular formula is C8H14O4. The Bertz CT molecular complexity index is 183. The summed E-state index contributed by atoms with van der Waals surface area (Å²) < 4.78 is 4.52. The third-order valence-electron chi connectivity index (χ3n) is 1.54. The maximum absolute atomic E-state index is 11.0. The fourth-order valence-corrected chi connectivity index (χ4v) is 0.730. The van der Waals surface area contributed by atoms with E-state index in [0.29, 0.717) is 0 Å². The monoisotopic (exact) mass is 174 g/mol. The first-order chi connectivity index (χ1) is 5.46. The van der Waals surface area contributed by atoms with Gasteiger partial charge in [-0.3, -0.25) is 4.79 Å². The molecule has 12 heavy (non-hydrogen) atoms. The lowest BCUT2D eigenvalue weighted by atomic mass is 9.99. The molecule has 4 heteroatoms. The molecule has 0 aliphatic heterocycles. The second-order valence-electron chi connectivity index (χ2n) is 2.57. The van der Waals surface area contributed by atoms with Gasteiger partial charge in [-0.05, 0) is 13.8 Å². The quantitative estimate of drug-likeness (QED) is 0.491. The molecule has 0 amide bonds. The van der Waals surface area contributed by atoms with Crippen molar-refractivity contribution in [2.24, 2.45) is 0 Å². The minimum atomic E-state index is -1.98. The molecule has 0 fully saturated rings. The van der Waals surface area contributed by atoms with Crippen molar-refractivity contribution in [2.45, 2.75) is 32.8 Å². The molecule has 0 saturated carbocycles. The zero-order chi connectivity index (χ0) is 9.78. The Balaban J connectivity index is 4.38. The van der Waals surface area contributed by atoms with E-state index in [1.165, 1.54) is 0 Å². The van der Waals surface area contributed by atoms with Crippen LogP contribution < -0.4 is 0 Å². The van der Waals surface area contributed by atoms with E-state index < -0.39 is 17.4 Å². The van der Waals surface area contributed by atoms with E-state index in [0.717, 1.165) is 6.92 Å². The van der Waals surface area contributed by atoms with Crippen molar-refractivity contribution in [3.63, 3.8) is 0 Å². The SMILES string of the molecule is CCOC(=O)C(C)(O)C(=O)CC. The van der Waals surface area contributed by atoms with Crippen molar-refractivity contribution in [2.75, 3.05) is 6.61 Å². The number of hydrogen-bond donors (Lipinski definition) is 1. The van der Waals surface area contributed by atoms with Gasteiger partial charge in [0.05, 0.1) is 6.61 Å². The Morgan fingerprint density at radius 1 is 1.42 bits per heavy atom. The van der Waals surface area contributed by atoms with Crippen LogP contribution in [-0.2, 0) is 14.3 Å². The second kappa shape index (κ2) is 4.21. The zero-order valence-electron chi connectivity index (χ0n) is 7.59. The predicted octanol–water partition coefficient (Wildman–Crippen LogP) is 0.280. The van der Waals surface area contributed by atoms with Gasteiger partial charge in [0.15, 0.2) is 5.78 Å². The summed E-state index contributed by atoms with van der Waals surface area (Å²) in [6.45, 7) is 4.50. The lowest BCUT2D eigenvalue weighted by molar-refractivity contribution is -0.168. The van der Waals surface area contributed by atoms with Crippen LogP contribution in [0.3, 0.4) is 0 Å². The average molecular weight is 174 g/mol. The Hall–Kier alpha value is -0.900. The van der Waals surface area contributed by atoms with Gasteiger partial charge in [-0.15, -0.1) is 0 Å². The van der Waals surface area contributed by atoms with E-state index in [2.05, 4.69) is 4.74 Å². The van der Waals surface area contributed by atoms with Crippen molar-refractivity contribution in [1.82, 2.24) is 0 Å². The molecule has 0 aromatic rings. The van der Waals surface area contributed by atoms with Gasteiger partial charge in [-0.25, -0.2) is 4.79 Å². The van der Waals surface area contributed by atoms with Gasteiger partial charge in [0.25, 0.3) is 0 Å². The number of rotatable bonds is 4. The summed E-state index contributed by atoms with van der Waals surface area (Å²) in [5, 5.41) is 9.36. The van der Waals surface area contributed by atoms with Crippen molar-refractivity contribution in [3.8, 4) is 0 Å². The molecule has 0 aromatic heterocycles. The molecule has 1 unspecified atom stereocenters. The van der Waals surface area contributed by atoms with Gasteiger partial charge in [-0.2, -0.15) is 0 Å². The first-order valence-electron chi connectivity index (χ1n) is 3.89. The van der Waals surface area contributed by atoms with Crippen LogP contribution in [0.5, 0.6) is 0 Å². The summed E-state index contributed by atoms with van der Waals surface area (Å²) in [6, 6.07) is 0. The lowest BCUT2D eigenvalue weighted by Gasteiger charge is -2.18. The summed E-state index contributed by atoms with van der Waals surface area (Å²) in [6.07, 6.45) is 0.117. The van der Waals surface area contributed by atoms with Crippen LogP contribution in [0.15, 0.2) is 0 Å². The van der Waals surface area contributed by atoms with E-state index in [-0.39, 0.29) is 13.0 Å². The molecule has 0 aliphatic carbocycles. The third-order valence-corrected chi connectivity index (χ3v) is 1.54. The molecule has 0 saturated heterocycles. The van der Waals surface area contributed by atoms with Gasteiger partial charge in [-0.1, -0.05) is 6.92 Å². The first-order valence-corrected chi connectivity index (χ1v) is 3.89. The van der Waals surface area contributed by atoms with E-state index in [9.17, 15) is 14.7 Å². The fraction of sp³-hybridized carbons (Fsp3) is 0.750. The zero-order valence-corrected chi connectivity index (χ0v) is 7.59. The van der Waals surface area contributed by atoms with Gasteiger partial charge < -0.3 is 9.84 Å². The Morgan fingerprint density at radius 2 is 1.92 bits per heavy atom. The number of carbonyl (C=O) groups is 2. The molecule has 0 aliphatic rings.